The van der Waals surface area contributed by atoms with Crippen LogP contribution in [-0.2, 0) is 95.8 Å². The van der Waals surface area contributed by atoms with Gasteiger partial charge < -0.3 is 93.0 Å². The van der Waals surface area contributed by atoms with Crippen molar-refractivity contribution in [3.63, 3.8) is 0 Å². The number of nitrogen functional groups attached to an aromatic ring is 1. The molecule has 2 bridgehead atoms. The number of hydrogen-bond acceptors (Lipinski definition) is 28. The number of esters is 1. The Hall–Kier alpha value is -7.67. The summed E-state index contributed by atoms with van der Waals surface area (Å²) in [5.41, 5.74) is 11.6. The van der Waals surface area contributed by atoms with E-state index in [1.165, 1.54) is 18.3 Å². The zero-order valence-electron chi connectivity index (χ0n) is 70.8. The zero-order valence-corrected chi connectivity index (χ0v) is 70.8. The number of carbonyl (C=O) groups excluding carboxylic acids is 4. The molecule has 4 aliphatic rings. The average Bonchev–Trinajstić information content (AvgIpc) is 1.51. The molecular formula is C86H130N12O20. The molecule has 8 heterocycles. The van der Waals surface area contributed by atoms with Crippen molar-refractivity contribution in [1.82, 2.24) is 49.6 Å². The Kier molecular flexibility index (Phi) is 38.9. The number of amides is 1. The van der Waals surface area contributed by atoms with E-state index < -0.39 is 84.1 Å². The molecule has 5 aromatic heterocycles. The zero-order chi connectivity index (χ0) is 84.5. The van der Waals surface area contributed by atoms with Crippen molar-refractivity contribution in [2.45, 2.75) is 238 Å². The molecule has 118 heavy (non-hydrogen) atoms. The van der Waals surface area contributed by atoms with Crippen LogP contribution in [0.25, 0.3) is 33.3 Å². The van der Waals surface area contributed by atoms with Gasteiger partial charge in [-0.2, -0.15) is 5.10 Å². The number of cyclic esters (lactones) is 1. The van der Waals surface area contributed by atoms with E-state index >= 15 is 0 Å². The molecule has 5 aromatic rings. The molecule has 32 nitrogen and oxygen atoms in total. The fourth-order valence-corrected chi connectivity index (χ4v) is 16.0. The van der Waals surface area contributed by atoms with E-state index in [-0.39, 0.29) is 61.6 Å². The highest BCUT2D eigenvalue weighted by atomic mass is 16.6. The van der Waals surface area contributed by atoms with Gasteiger partial charge in [0.25, 0.3) is 11.7 Å². The molecule has 0 spiro atoms. The minimum atomic E-state index is -2.45. The molecule has 1 saturated carbocycles. The summed E-state index contributed by atoms with van der Waals surface area (Å²) in [4.78, 5) is 79.8. The van der Waals surface area contributed by atoms with Gasteiger partial charge in [-0.25, -0.2) is 29.1 Å². The van der Waals surface area contributed by atoms with Crippen LogP contribution < -0.4 is 5.73 Å². The molecule has 1 amide bonds. The Morgan fingerprint density at radius 1 is 0.763 bits per heavy atom. The Balaban J connectivity index is 0.686. The van der Waals surface area contributed by atoms with E-state index in [1.807, 2.05) is 75.0 Å². The first kappa shape index (κ1) is 94.2. The number of H-pyrrole nitrogens is 1. The van der Waals surface area contributed by atoms with Crippen molar-refractivity contribution in [1.29, 1.82) is 0 Å². The summed E-state index contributed by atoms with van der Waals surface area (Å²) in [6.07, 6.45) is 20.9. The van der Waals surface area contributed by atoms with Crippen LogP contribution in [0.5, 0.6) is 0 Å². The monoisotopic (exact) mass is 1650 g/mol. The average molecular weight is 1650 g/mol. The number of aromatic nitrogens is 9. The predicted octanol–water partition coefficient (Wildman–Crippen LogP) is 9.15. The lowest BCUT2D eigenvalue weighted by Crippen LogP contribution is -2.61. The first-order chi connectivity index (χ1) is 57.0. The number of unbranched alkanes of at least 4 members (excludes halogenated alkanes) is 2. The molecule has 0 aromatic carbocycles. The summed E-state index contributed by atoms with van der Waals surface area (Å²) in [5, 5.41) is 67.1. The number of aryl methyl sites for hydroxylation is 1. The number of rotatable bonds is 37. The maximum atomic E-state index is 14.7. The van der Waals surface area contributed by atoms with Crippen LogP contribution in [0.4, 0.5) is 5.82 Å². The van der Waals surface area contributed by atoms with Crippen LogP contribution in [0.3, 0.4) is 0 Å². The maximum Gasteiger partial charge on any atom is 0.329 e. The number of carbonyl (C=O) groups is 4. The highest BCUT2D eigenvalue weighted by Gasteiger charge is 2.53. The number of Topliss-reactive ketones (excluding diaryl/α,β-unsaturated/α-hetero) is 2. The quantitative estimate of drug-likeness (QED) is 0.00709. The Labute approximate surface area is 693 Å². The van der Waals surface area contributed by atoms with Gasteiger partial charge in [0.1, 0.15) is 59.3 Å². The summed E-state index contributed by atoms with van der Waals surface area (Å²) in [6, 6.07) is 2.83. The van der Waals surface area contributed by atoms with Crippen LogP contribution in [0, 0.1) is 35.5 Å². The van der Waals surface area contributed by atoms with Crippen LogP contribution in [0.2, 0.25) is 0 Å². The number of hydrogen-bond donors (Lipinski definition) is 6. The largest absolute Gasteiger partial charge is 0.460 e. The summed E-state index contributed by atoms with van der Waals surface area (Å²) in [7, 11) is 4.67. The number of aliphatic hydroxyl groups is 4. The molecule has 16 atom stereocenters. The molecule has 9 rings (SSSR count). The number of pyridine rings is 1. The van der Waals surface area contributed by atoms with Crippen molar-refractivity contribution in [3.8, 4) is 11.3 Å². The van der Waals surface area contributed by atoms with Crippen LogP contribution in [0.15, 0.2) is 89.8 Å². The van der Waals surface area contributed by atoms with E-state index in [0.717, 1.165) is 47.9 Å². The summed E-state index contributed by atoms with van der Waals surface area (Å²) in [5.74, 6) is -6.62. The molecule has 0 radical (unpaired) electrons. The van der Waals surface area contributed by atoms with Crippen molar-refractivity contribution in [2.75, 3.05) is 113 Å². The summed E-state index contributed by atoms with van der Waals surface area (Å²) < 4.78 is 68.0. The number of nitrogens with one attached hydrogen (secondary N) is 1. The number of allylic oxidation sites excluding steroid dienone is 5. The number of methoxy groups -OCH3 is 3. The number of piperidine rings is 1. The van der Waals surface area contributed by atoms with Gasteiger partial charge in [0.15, 0.2) is 12.3 Å². The molecule has 32 heteroatoms. The number of oxime groups is 1. The number of nitrogens with two attached hydrogens (primary N) is 1. The molecule has 0 unspecified atom stereocenters. The number of aromatic amines is 1. The van der Waals surface area contributed by atoms with Gasteiger partial charge in [-0.1, -0.05) is 87.9 Å². The van der Waals surface area contributed by atoms with E-state index in [2.05, 4.69) is 48.4 Å². The number of ketones is 2. The van der Waals surface area contributed by atoms with Gasteiger partial charge in [-0.3, -0.25) is 14.4 Å². The SMILES string of the molecule is CO[C@H]1C[C@@H]2CC[C@@H](C)[C@@](O)(O2)C(=O)C(=O)N2CCCC[C@H]2C(=O)O[C@H]([C@H](C)C[C@@H]2CC[C@@H](O)[C@H](OC)C2)C[C@@H](O)[C@H](C)/C=C(\C)[C@@H](O)[C@@H](OC)C(=NOCc2cn(CCOCCOCCOCCOCCOCCOCCC(=O)CCCCCn3nc(-c4cnc5[nH]ccc5c4)c4c(N)ncnc43)nn2)[C@H](C)C[C@H](C)/C=C/C=C/C=C/1C. The van der Waals surface area contributed by atoms with Crippen LogP contribution in [0.1, 0.15) is 163 Å². The number of anilines is 1. The topological polar surface area (TPSA) is 405 Å². The lowest BCUT2D eigenvalue weighted by Gasteiger charge is -2.43. The fraction of sp³-hybridized carbons (Fsp3) is 0.686. The van der Waals surface area contributed by atoms with E-state index in [0.29, 0.717) is 203 Å². The Morgan fingerprint density at radius 3 is 2.19 bits per heavy atom. The molecule has 1 aliphatic carbocycles. The molecule has 2 saturated heterocycles. The Morgan fingerprint density at radius 2 is 1.48 bits per heavy atom. The second-order valence-corrected chi connectivity index (χ2v) is 32.1. The maximum absolute atomic E-state index is 14.7. The van der Waals surface area contributed by atoms with E-state index in [9.17, 15) is 39.6 Å². The minimum absolute atomic E-state index is 0.00767. The number of fused-ring (bicyclic) bond motifs is 5. The third-order valence-electron chi connectivity index (χ3n) is 23.1. The number of aliphatic hydroxyl groups excluding tert-OH is 3. The first-order valence-corrected chi connectivity index (χ1v) is 42.3. The Bertz CT molecular complexity index is 4070. The van der Waals surface area contributed by atoms with Gasteiger partial charge in [0.05, 0.1) is 134 Å². The highest BCUT2D eigenvalue weighted by Crippen LogP contribution is 2.39. The molecule has 654 valence electrons. The van der Waals surface area contributed by atoms with Gasteiger partial charge in [0.2, 0.25) is 5.79 Å². The van der Waals surface area contributed by atoms with E-state index in [1.54, 1.807) is 51.2 Å². The second-order valence-electron chi connectivity index (χ2n) is 32.1. The van der Waals surface area contributed by atoms with Gasteiger partial charge in [-0.05, 0) is 132 Å². The second kappa shape index (κ2) is 48.7. The van der Waals surface area contributed by atoms with Crippen molar-refractivity contribution >= 4 is 57.0 Å². The lowest BCUT2D eigenvalue weighted by atomic mass is 9.78. The molecule has 3 aliphatic heterocycles. The standard InChI is InChI=1S/C86H130N12O20/c1-56-19-13-11-14-20-57(2)72(107-8)50-68-25-23-62(7)86(106,118-68)80(103)84(104)97-30-18-16-22-69(97)85(105)117-73(59(4)47-63-24-26-70(100)74(48-63)108-9)51-71(101)58(3)46-61(6)78(102)79(109-10)76(60(5)45-56)94-116-54-66-53-96(95-92-66)32-34-111-36-38-113-40-42-115-44-43-114-41-39-112-37-35-110-33-28-67(99)21-15-12-17-31-98-83-75(81(87)90-55-91-83)77(93-98)65-49-64-27-29-88-82(64)89-52-65/h11,13-14,19-20,27,29,46,49,52-53,55-56,58-60,62-63,68-74,78-79,100-102,106H,12,15-18,21-26,28,30-45,47-48,50-51,54H2,1-10H3,(H,88,89)(H2,87,90,91)/b14-11+,19-13+,57-20+,61-46+,94-76?/t56-,58-,59-,60-,62-,63+,68+,69+,70-,71-,72+,73+,74-,78-,79+,86-/m1/s1. The van der Waals surface area contributed by atoms with Crippen molar-refractivity contribution in [2.24, 2.45) is 40.7 Å². The number of ether oxygens (including phenoxy) is 11. The van der Waals surface area contributed by atoms with Crippen LogP contribution >= 0.6 is 0 Å². The molecule has 3 fully saturated rings. The van der Waals surface area contributed by atoms with Gasteiger partial charge >= 0.3 is 5.97 Å². The summed E-state index contributed by atoms with van der Waals surface area (Å²) in [6.45, 7) is 19.0. The predicted molar refractivity (Wildman–Crippen MR) is 441 cm³/mol. The van der Waals surface area contributed by atoms with Crippen molar-refractivity contribution in [3.05, 3.63) is 90.3 Å². The lowest BCUT2D eigenvalue weighted by molar-refractivity contribution is -0.265. The normalized spacial score (nSPS) is 28.6. The van der Waals surface area contributed by atoms with Gasteiger partial charge in [-0.15, -0.1) is 5.10 Å². The number of nitrogens with zero attached hydrogens (tertiary/aromatic N) is 10. The minimum Gasteiger partial charge on any atom is -0.460 e. The molecular weight excluding hydrogens is 1520 g/mol. The van der Waals surface area contributed by atoms with Gasteiger partial charge in [0, 0.05) is 101 Å². The smallest absolute Gasteiger partial charge is 0.329 e. The highest BCUT2D eigenvalue weighted by molar-refractivity contribution is 6.39. The third-order valence-corrected chi connectivity index (χ3v) is 23.1. The summed E-state index contributed by atoms with van der Waals surface area (Å²) >= 11 is 0. The molecule has 7 N–H and O–H groups in total. The van der Waals surface area contributed by atoms with Crippen molar-refractivity contribution < 1.29 is 96.5 Å². The first-order valence-electron chi connectivity index (χ1n) is 42.3. The third kappa shape index (κ3) is 27.9. The fourth-order valence-electron chi connectivity index (χ4n) is 16.0. The van der Waals surface area contributed by atoms with E-state index in [4.69, 9.17) is 67.8 Å². The van der Waals surface area contributed by atoms with Crippen LogP contribution in [-0.4, -0.2) is 267 Å².